The number of halogens is 1. The fourth-order valence-corrected chi connectivity index (χ4v) is 5.28. The summed E-state index contributed by atoms with van der Waals surface area (Å²) in [7, 11) is 2.02. The van der Waals surface area contributed by atoms with Gasteiger partial charge in [0.25, 0.3) is 0 Å². The molecule has 1 nitrogen and oxygen atoms in total. The molecule has 20 heavy (non-hydrogen) atoms. The van der Waals surface area contributed by atoms with Crippen molar-refractivity contribution < 1.29 is 0 Å². The van der Waals surface area contributed by atoms with Gasteiger partial charge in [0.1, 0.15) is 0 Å². The number of benzene rings is 1. The maximum absolute atomic E-state index is 6.28. The van der Waals surface area contributed by atoms with Crippen LogP contribution in [0.5, 0.6) is 0 Å². The number of thioether (sulfide) groups is 1. The van der Waals surface area contributed by atoms with Gasteiger partial charge in [0.2, 0.25) is 0 Å². The van der Waals surface area contributed by atoms with E-state index in [1.807, 2.05) is 37.1 Å². The highest BCUT2D eigenvalue weighted by atomic mass is 35.5. The predicted octanol–water partition coefficient (Wildman–Crippen LogP) is 4.81. The van der Waals surface area contributed by atoms with E-state index in [1.165, 1.54) is 28.2 Å². The molecule has 1 aliphatic heterocycles. The molecule has 3 rings (SSSR count). The summed E-state index contributed by atoms with van der Waals surface area (Å²) in [5.41, 5.74) is 3.90. The Kier molecular flexibility index (Phi) is 4.41. The van der Waals surface area contributed by atoms with Gasteiger partial charge in [-0.3, -0.25) is 0 Å². The van der Waals surface area contributed by atoms with E-state index in [4.69, 9.17) is 11.6 Å². The zero-order valence-corrected chi connectivity index (χ0v) is 14.1. The molecule has 0 saturated carbocycles. The lowest BCUT2D eigenvalue weighted by Gasteiger charge is -2.16. The summed E-state index contributed by atoms with van der Waals surface area (Å²) >= 11 is 10.3. The highest BCUT2D eigenvalue weighted by molar-refractivity contribution is 7.98. The van der Waals surface area contributed by atoms with Crippen LogP contribution in [0.25, 0.3) is 0 Å². The summed E-state index contributed by atoms with van der Waals surface area (Å²) in [4.78, 5) is 2.97. The van der Waals surface area contributed by atoms with Gasteiger partial charge in [-0.2, -0.15) is 11.8 Å². The van der Waals surface area contributed by atoms with Crippen LogP contribution in [0.4, 0.5) is 0 Å². The second kappa shape index (κ2) is 6.10. The van der Waals surface area contributed by atoms with Gasteiger partial charge in [-0.15, -0.1) is 11.3 Å². The van der Waals surface area contributed by atoms with E-state index in [9.17, 15) is 0 Å². The molecule has 1 unspecified atom stereocenters. The normalized spacial score (nSPS) is 15.9. The van der Waals surface area contributed by atoms with Crippen molar-refractivity contribution >= 4 is 34.7 Å². The number of aryl methyl sites for hydroxylation is 2. The minimum atomic E-state index is 0.244. The molecule has 0 amide bonds. The molecule has 0 radical (unpaired) electrons. The van der Waals surface area contributed by atoms with Crippen LogP contribution >= 0.6 is 34.7 Å². The number of fused-ring (bicyclic) bond motifs is 1. The molecule has 0 saturated heterocycles. The van der Waals surface area contributed by atoms with Crippen molar-refractivity contribution in [3.8, 4) is 0 Å². The summed E-state index contributed by atoms with van der Waals surface area (Å²) in [6.45, 7) is 2.04. The van der Waals surface area contributed by atoms with Gasteiger partial charge in [0.15, 0.2) is 0 Å². The Morgan fingerprint density at radius 3 is 2.85 bits per heavy atom. The van der Waals surface area contributed by atoms with Crippen LogP contribution in [-0.4, -0.2) is 12.8 Å². The molecular formula is C16H18ClNS2. The molecule has 0 fully saturated rings. The molecule has 106 valence electrons. The SMILES string of the molecule is CNC(c1ccc(C)c(Cl)c1)c1cc2c(s1)CCSC2. The average Bonchev–Trinajstić information content (AvgIpc) is 2.87. The second-order valence-electron chi connectivity index (χ2n) is 5.13. The monoisotopic (exact) mass is 323 g/mol. The van der Waals surface area contributed by atoms with Gasteiger partial charge in [-0.05, 0) is 55.0 Å². The third kappa shape index (κ3) is 2.77. The van der Waals surface area contributed by atoms with Crippen LogP contribution < -0.4 is 5.32 Å². The van der Waals surface area contributed by atoms with E-state index in [0.717, 1.165) is 16.3 Å². The molecule has 1 aliphatic rings. The number of hydrogen-bond donors (Lipinski definition) is 1. The third-order valence-corrected chi connectivity index (χ3v) is 6.47. The first-order valence-corrected chi connectivity index (χ1v) is 9.16. The van der Waals surface area contributed by atoms with E-state index in [2.05, 4.69) is 29.6 Å². The van der Waals surface area contributed by atoms with Crippen molar-refractivity contribution in [1.29, 1.82) is 0 Å². The van der Waals surface area contributed by atoms with Crippen LogP contribution in [0, 0.1) is 6.92 Å². The molecule has 1 aromatic carbocycles. The highest BCUT2D eigenvalue weighted by Crippen LogP contribution is 2.37. The van der Waals surface area contributed by atoms with Gasteiger partial charge < -0.3 is 5.32 Å². The van der Waals surface area contributed by atoms with Gasteiger partial charge in [-0.25, -0.2) is 0 Å². The smallest absolute Gasteiger partial charge is 0.0669 e. The van der Waals surface area contributed by atoms with Crippen LogP contribution in [0.2, 0.25) is 5.02 Å². The molecule has 0 aliphatic carbocycles. The summed E-state index contributed by atoms with van der Waals surface area (Å²) < 4.78 is 0. The first-order valence-electron chi connectivity index (χ1n) is 6.81. The van der Waals surface area contributed by atoms with Crippen molar-refractivity contribution in [2.45, 2.75) is 25.1 Å². The van der Waals surface area contributed by atoms with Crippen molar-refractivity contribution in [2.24, 2.45) is 0 Å². The highest BCUT2D eigenvalue weighted by Gasteiger charge is 2.20. The van der Waals surface area contributed by atoms with E-state index >= 15 is 0 Å². The van der Waals surface area contributed by atoms with Crippen molar-refractivity contribution in [1.82, 2.24) is 5.32 Å². The van der Waals surface area contributed by atoms with Gasteiger partial charge in [-0.1, -0.05) is 23.7 Å². The minimum Gasteiger partial charge on any atom is -0.309 e. The topological polar surface area (TPSA) is 12.0 Å². The lowest BCUT2D eigenvalue weighted by Crippen LogP contribution is -2.16. The van der Waals surface area contributed by atoms with Crippen molar-refractivity contribution in [3.63, 3.8) is 0 Å². The zero-order valence-electron chi connectivity index (χ0n) is 11.7. The quantitative estimate of drug-likeness (QED) is 0.870. The number of hydrogen-bond acceptors (Lipinski definition) is 3. The van der Waals surface area contributed by atoms with Crippen LogP contribution in [-0.2, 0) is 12.2 Å². The molecular weight excluding hydrogens is 306 g/mol. The standard InChI is InChI=1S/C16H18ClNS2/c1-10-3-4-11(7-13(10)17)16(18-2)15-8-12-9-19-6-5-14(12)20-15/h3-4,7-8,16,18H,5-6,9H2,1-2H3. The Labute approximate surface area is 133 Å². The molecule has 1 atom stereocenters. The lowest BCUT2D eigenvalue weighted by atomic mass is 10.0. The predicted molar refractivity (Wildman–Crippen MR) is 91.3 cm³/mol. The fourth-order valence-electron chi connectivity index (χ4n) is 2.57. The first kappa shape index (κ1) is 14.5. The summed E-state index contributed by atoms with van der Waals surface area (Å²) in [6.07, 6.45) is 1.22. The molecule has 2 aromatic rings. The van der Waals surface area contributed by atoms with Crippen LogP contribution in [0.15, 0.2) is 24.3 Å². The Balaban J connectivity index is 1.96. The average molecular weight is 324 g/mol. The lowest BCUT2D eigenvalue weighted by molar-refractivity contribution is 0.703. The Morgan fingerprint density at radius 1 is 1.30 bits per heavy atom. The molecule has 1 N–H and O–H groups in total. The van der Waals surface area contributed by atoms with Gasteiger partial charge >= 0.3 is 0 Å². The summed E-state index contributed by atoms with van der Waals surface area (Å²) in [6, 6.07) is 8.99. The van der Waals surface area contributed by atoms with Crippen molar-refractivity contribution in [2.75, 3.05) is 12.8 Å². The molecule has 1 aromatic heterocycles. The number of nitrogens with one attached hydrogen (secondary N) is 1. The second-order valence-corrected chi connectivity index (χ2v) is 7.81. The van der Waals surface area contributed by atoms with Gasteiger partial charge in [0.05, 0.1) is 6.04 Å². The summed E-state index contributed by atoms with van der Waals surface area (Å²) in [5.74, 6) is 2.42. The largest absolute Gasteiger partial charge is 0.309 e. The van der Waals surface area contributed by atoms with E-state index in [0.29, 0.717) is 0 Å². The maximum atomic E-state index is 6.28. The van der Waals surface area contributed by atoms with E-state index < -0.39 is 0 Å². The van der Waals surface area contributed by atoms with Crippen molar-refractivity contribution in [3.05, 3.63) is 55.7 Å². The Hall–Kier alpha value is -0.480. The van der Waals surface area contributed by atoms with E-state index in [1.54, 1.807) is 4.88 Å². The molecule has 2 heterocycles. The Bertz CT molecular complexity index is 597. The van der Waals surface area contributed by atoms with Crippen LogP contribution in [0.3, 0.4) is 0 Å². The van der Waals surface area contributed by atoms with E-state index in [-0.39, 0.29) is 6.04 Å². The first-order chi connectivity index (χ1) is 9.69. The minimum absolute atomic E-state index is 0.244. The third-order valence-electron chi connectivity index (χ3n) is 3.75. The van der Waals surface area contributed by atoms with Crippen LogP contribution in [0.1, 0.15) is 32.5 Å². The number of rotatable bonds is 3. The maximum Gasteiger partial charge on any atom is 0.0669 e. The zero-order chi connectivity index (χ0) is 14.1. The fraction of sp³-hybridized carbons (Fsp3) is 0.375. The van der Waals surface area contributed by atoms with Gasteiger partial charge in [0, 0.05) is 20.5 Å². The number of thiophene rings is 1. The Morgan fingerprint density at radius 2 is 2.15 bits per heavy atom. The molecule has 4 heteroatoms. The summed E-state index contributed by atoms with van der Waals surface area (Å²) in [5, 5.41) is 4.28. The molecule has 0 spiro atoms. The molecule has 0 bridgehead atoms.